The van der Waals surface area contributed by atoms with Gasteiger partial charge in [-0.15, -0.1) is 0 Å². The van der Waals surface area contributed by atoms with Crippen LogP contribution in [0.25, 0.3) is 10.3 Å². The molecule has 1 aliphatic heterocycles. The third-order valence-electron chi connectivity index (χ3n) is 5.87. The molecule has 2 aromatic heterocycles. The summed E-state index contributed by atoms with van der Waals surface area (Å²) >= 11 is 1.72. The molecule has 4 rings (SSSR count). The van der Waals surface area contributed by atoms with Gasteiger partial charge in [-0.25, -0.2) is 9.67 Å². The van der Waals surface area contributed by atoms with Gasteiger partial charge >= 0.3 is 0 Å². The lowest BCUT2D eigenvalue weighted by atomic mass is 9.95. The number of hydrogen-bond acceptors (Lipinski definition) is 5. The Balaban J connectivity index is 1.34. The normalized spacial score (nSPS) is 20.5. The van der Waals surface area contributed by atoms with E-state index in [0.29, 0.717) is 6.04 Å². The van der Waals surface area contributed by atoms with E-state index in [4.69, 9.17) is 4.98 Å². The topological polar surface area (TPSA) is 63.1 Å². The number of aromatic nitrogens is 3. The Morgan fingerprint density at radius 2 is 1.81 bits per heavy atom. The molecule has 1 saturated carbocycles. The van der Waals surface area contributed by atoms with E-state index in [1.807, 2.05) is 18.7 Å². The molecule has 1 saturated heterocycles. The Hall–Kier alpha value is -1.63. The maximum Gasteiger partial charge on any atom is 0.223 e. The first-order valence-corrected chi connectivity index (χ1v) is 10.8. The Kier molecular flexibility index (Phi) is 5.16. The SMILES string of the molecule is Cc1nn(C)c2nc(N3CCC(C(=O)NC4CCCCCC4)CC3)sc12. The predicted octanol–water partition coefficient (Wildman–Crippen LogP) is 3.39. The Morgan fingerprint density at radius 1 is 1.12 bits per heavy atom. The molecule has 1 N–H and O–H groups in total. The second-order valence-corrected chi connectivity index (χ2v) is 8.79. The van der Waals surface area contributed by atoms with Gasteiger partial charge in [-0.05, 0) is 32.6 Å². The Morgan fingerprint density at radius 3 is 2.46 bits per heavy atom. The van der Waals surface area contributed by atoms with Crippen molar-refractivity contribution < 1.29 is 4.79 Å². The van der Waals surface area contributed by atoms with E-state index in [-0.39, 0.29) is 11.8 Å². The molecule has 0 unspecified atom stereocenters. The standard InChI is InChI=1S/C19H29N5OS/c1-13-16-17(23(2)22-13)21-19(26-16)24-11-9-14(10-12-24)18(25)20-15-7-5-3-4-6-8-15/h14-15H,3-12H2,1-2H3,(H,20,25). The van der Waals surface area contributed by atoms with E-state index in [0.717, 1.165) is 55.2 Å². The summed E-state index contributed by atoms with van der Waals surface area (Å²) in [6.07, 6.45) is 9.32. The lowest BCUT2D eigenvalue weighted by Gasteiger charge is -2.31. The molecule has 0 aromatic carbocycles. The maximum absolute atomic E-state index is 12.7. The molecule has 7 heteroatoms. The van der Waals surface area contributed by atoms with Gasteiger partial charge in [0.15, 0.2) is 10.8 Å². The van der Waals surface area contributed by atoms with Crippen LogP contribution in [0.15, 0.2) is 0 Å². The molecular formula is C19H29N5OS. The first-order chi connectivity index (χ1) is 12.6. The molecule has 1 amide bonds. The number of carbonyl (C=O) groups excluding carboxylic acids is 1. The van der Waals surface area contributed by atoms with Gasteiger partial charge in [0.25, 0.3) is 0 Å². The number of aryl methyl sites for hydroxylation is 2. The molecule has 1 aliphatic carbocycles. The molecule has 2 aromatic rings. The summed E-state index contributed by atoms with van der Waals surface area (Å²) < 4.78 is 3.04. The van der Waals surface area contributed by atoms with E-state index in [1.165, 1.54) is 30.4 Å². The summed E-state index contributed by atoms with van der Waals surface area (Å²) in [5, 5.41) is 8.83. The molecule has 3 heterocycles. The highest BCUT2D eigenvalue weighted by molar-refractivity contribution is 7.22. The maximum atomic E-state index is 12.7. The van der Waals surface area contributed by atoms with E-state index in [2.05, 4.69) is 15.3 Å². The number of thiazole rings is 1. The van der Waals surface area contributed by atoms with Crippen LogP contribution in [0, 0.1) is 12.8 Å². The number of anilines is 1. The number of nitrogens with one attached hydrogen (secondary N) is 1. The Labute approximate surface area is 159 Å². The van der Waals surface area contributed by atoms with E-state index in [1.54, 1.807) is 11.3 Å². The predicted molar refractivity (Wildman–Crippen MR) is 106 cm³/mol. The molecule has 0 radical (unpaired) electrons. The minimum absolute atomic E-state index is 0.160. The van der Waals surface area contributed by atoms with Crippen molar-refractivity contribution >= 4 is 32.7 Å². The summed E-state index contributed by atoms with van der Waals surface area (Å²) in [7, 11) is 1.95. The number of piperidine rings is 1. The minimum Gasteiger partial charge on any atom is -0.353 e. The van der Waals surface area contributed by atoms with Gasteiger partial charge in [0.05, 0.1) is 10.4 Å². The zero-order chi connectivity index (χ0) is 18.1. The number of nitrogens with zero attached hydrogens (tertiary/aromatic N) is 4. The van der Waals surface area contributed by atoms with Gasteiger partial charge in [-0.1, -0.05) is 37.0 Å². The molecule has 0 atom stereocenters. The van der Waals surface area contributed by atoms with Crippen LogP contribution in [0.1, 0.15) is 57.1 Å². The van der Waals surface area contributed by atoms with Gasteiger partial charge < -0.3 is 10.2 Å². The van der Waals surface area contributed by atoms with Crippen molar-refractivity contribution in [2.75, 3.05) is 18.0 Å². The van der Waals surface area contributed by atoms with Crippen molar-refractivity contribution in [3.8, 4) is 0 Å². The molecule has 2 aliphatic rings. The number of rotatable bonds is 3. The number of amides is 1. The van der Waals surface area contributed by atoms with Gasteiger partial charge in [-0.3, -0.25) is 4.79 Å². The average Bonchev–Trinajstić information content (AvgIpc) is 3.08. The van der Waals surface area contributed by atoms with E-state index >= 15 is 0 Å². The summed E-state index contributed by atoms with van der Waals surface area (Å²) in [6.45, 7) is 3.86. The van der Waals surface area contributed by atoms with E-state index < -0.39 is 0 Å². The van der Waals surface area contributed by atoms with Gasteiger partial charge in [0, 0.05) is 32.1 Å². The molecule has 6 nitrogen and oxygen atoms in total. The number of fused-ring (bicyclic) bond motifs is 1. The summed E-state index contributed by atoms with van der Waals surface area (Å²) in [5.41, 5.74) is 2.01. The second kappa shape index (κ2) is 7.55. The minimum atomic E-state index is 0.160. The van der Waals surface area contributed by atoms with Crippen molar-refractivity contribution in [3.05, 3.63) is 5.69 Å². The largest absolute Gasteiger partial charge is 0.353 e. The highest BCUT2D eigenvalue weighted by atomic mass is 32.1. The molecule has 0 spiro atoms. The lowest BCUT2D eigenvalue weighted by Crippen LogP contribution is -2.43. The molecule has 142 valence electrons. The van der Waals surface area contributed by atoms with Gasteiger partial charge in [0.1, 0.15) is 0 Å². The molecule has 2 fully saturated rings. The van der Waals surface area contributed by atoms with Crippen molar-refractivity contribution in [2.45, 2.75) is 64.3 Å². The average molecular weight is 376 g/mol. The fraction of sp³-hybridized carbons (Fsp3) is 0.737. The van der Waals surface area contributed by atoms with Crippen molar-refractivity contribution in [2.24, 2.45) is 13.0 Å². The fourth-order valence-electron chi connectivity index (χ4n) is 4.28. The highest BCUT2D eigenvalue weighted by Crippen LogP contribution is 2.33. The monoisotopic (exact) mass is 375 g/mol. The number of hydrogen-bond donors (Lipinski definition) is 1. The fourth-order valence-corrected chi connectivity index (χ4v) is 5.37. The molecule has 26 heavy (non-hydrogen) atoms. The van der Waals surface area contributed by atoms with Crippen LogP contribution in [0.2, 0.25) is 0 Å². The smallest absolute Gasteiger partial charge is 0.223 e. The van der Waals surface area contributed by atoms with Crippen molar-refractivity contribution in [1.82, 2.24) is 20.1 Å². The first-order valence-electron chi connectivity index (χ1n) is 9.97. The Bertz CT molecular complexity index is 732. The lowest BCUT2D eigenvalue weighted by molar-refractivity contribution is -0.126. The van der Waals surface area contributed by atoms with Crippen LogP contribution < -0.4 is 10.2 Å². The quantitative estimate of drug-likeness (QED) is 0.835. The highest BCUT2D eigenvalue weighted by Gasteiger charge is 2.28. The third kappa shape index (κ3) is 3.59. The third-order valence-corrected chi connectivity index (χ3v) is 7.09. The summed E-state index contributed by atoms with van der Waals surface area (Å²) in [4.78, 5) is 19.8. The molecular weight excluding hydrogens is 346 g/mol. The van der Waals surface area contributed by atoms with Crippen LogP contribution in [-0.2, 0) is 11.8 Å². The zero-order valence-corrected chi connectivity index (χ0v) is 16.6. The molecule has 0 bridgehead atoms. The summed E-state index contributed by atoms with van der Waals surface area (Å²) in [6, 6.07) is 0.405. The summed E-state index contributed by atoms with van der Waals surface area (Å²) in [5.74, 6) is 0.438. The van der Waals surface area contributed by atoms with Crippen LogP contribution in [0.5, 0.6) is 0 Å². The van der Waals surface area contributed by atoms with Crippen LogP contribution in [0.3, 0.4) is 0 Å². The van der Waals surface area contributed by atoms with Crippen LogP contribution in [-0.4, -0.2) is 39.8 Å². The zero-order valence-electron chi connectivity index (χ0n) is 15.8. The van der Waals surface area contributed by atoms with Crippen molar-refractivity contribution in [3.63, 3.8) is 0 Å². The number of carbonyl (C=O) groups is 1. The first kappa shape index (κ1) is 17.8. The van der Waals surface area contributed by atoms with E-state index in [9.17, 15) is 4.79 Å². The van der Waals surface area contributed by atoms with Crippen LogP contribution >= 0.6 is 11.3 Å². The second-order valence-electron chi connectivity index (χ2n) is 7.82. The van der Waals surface area contributed by atoms with Crippen molar-refractivity contribution in [1.29, 1.82) is 0 Å². The van der Waals surface area contributed by atoms with Gasteiger partial charge in [-0.2, -0.15) is 5.10 Å². The van der Waals surface area contributed by atoms with Crippen LogP contribution in [0.4, 0.5) is 5.13 Å². The van der Waals surface area contributed by atoms with Gasteiger partial charge in [0.2, 0.25) is 5.91 Å².